The Hall–Kier alpha value is -0.440. The molecule has 1 aliphatic heterocycles. The fourth-order valence-electron chi connectivity index (χ4n) is 2.68. The van der Waals surface area contributed by atoms with Crippen molar-refractivity contribution in [1.29, 1.82) is 0 Å². The molecule has 1 aliphatic rings. The van der Waals surface area contributed by atoms with Crippen LogP contribution in [0.15, 0.2) is 0 Å². The predicted octanol–water partition coefficient (Wildman–Crippen LogP) is -3.98. The van der Waals surface area contributed by atoms with E-state index in [2.05, 4.69) is 0 Å². The highest BCUT2D eigenvalue weighted by Gasteiger charge is 2.52. The minimum atomic E-state index is -2.04. The van der Waals surface area contributed by atoms with E-state index in [1.54, 1.807) is 6.92 Å². The Labute approximate surface area is 151 Å². The number of ether oxygens (including phenoxy) is 3. The molecule has 1 rings (SSSR count). The van der Waals surface area contributed by atoms with Crippen LogP contribution in [0, 0.1) is 0 Å². The van der Waals surface area contributed by atoms with Crippen molar-refractivity contribution >= 4 is 0 Å². The van der Waals surface area contributed by atoms with Gasteiger partial charge in [0, 0.05) is 13.2 Å². The predicted molar refractivity (Wildman–Crippen MR) is 84.6 cm³/mol. The summed E-state index contributed by atoms with van der Waals surface area (Å²) in [7, 11) is 0. The molecule has 0 bridgehead atoms. The summed E-state index contributed by atoms with van der Waals surface area (Å²) in [6.45, 7) is 1.63. The first-order chi connectivity index (χ1) is 12.1. The fourth-order valence-corrected chi connectivity index (χ4v) is 2.68. The van der Waals surface area contributed by atoms with Crippen LogP contribution in [0.1, 0.15) is 20.3 Å². The topological polar surface area (TPSA) is 190 Å². The minimum absolute atomic E-state index is 0.0254. The molecule has 0 radical (unpaired) electrons. The molecule has 0 amide bonds. The van der Waals surface area contributed by atoms with Crippen molar-refractivity contribution < 1.29 is 55.1 Å². The molecule has 0 aromatic rings. The lowest BCUT2D eigenvalue weighted by Crippen LogP contribution is -2.65. The van der Waals surface area contributed by atoms with Gasteiger partial charge in [0.2, 0.25) is 0 Å². The van der Waals surface area contributed by atoms with Crippen molar-refractivity contribution in [1.82, 2.24) is 0 Å². The molecular formula is C15H30O11. The van der Waals surface area contributed by atoms with Gasteiger partial charge in [0.15, 0.2) is 12.6 Å². The van der Waals surface area contributed by atoms with Crippen LogP contribution in [-0.4, -0.2) is 115 Å². The molecule has 0 aromatic carbocycles. The molecule has 0 saturated carbocycles. The second kappa shape index (κ2) is 10.2. The smallest absolute Gasteiger partial charge is 0.187 e. The summed E-state index contributed by atoms with van der Waals surface area (Å²) in [6.07, 6.45) is -13.3. The molecule has 26 heavy (non-hydrogen) atoms. The van der Waals surface area contributed by atoms with Crippen molar-refractivity contribution in [2.24, 2.45) is 0 Å². The molecule has 9 unspecified atom stereocenters. The fraction of sp³-hybridized carbons (Fsp3) is 1.00. The number of hydrogen-bond donors (Lipinski definition) is 8. The van der Waals surface area contributed by atoms with Gasteiger partial charge in [-0.2, -0.15) is 0 Å². The van der Waals surface area contributed by atoms with E-state index in [0.29, 0.717) is 0 Å². The summed E-state index contributed by atoms with van der Waals surface area (Å²) in [6, 6.07) is 0. The third kappa shape index (κ3) is 5.09. The number of hydrogen-bond acceptors (Lipinski definition) is 11. The molecular weight excluding hydrogens is 356 g/mol. The molecule has 9 atom stereocenters. The largest absolute Gasteiger partial charge is 0.396 e. The van der Waals surface area contributed by atoms with Crippen molar-refractivity contribution in [2.75, 3.05) is 19.8 Å². The van der Waals surface area contributed by atoms with E-state index >= 15 is 0 Å². The molecule has 8 N–H and O–H groups in total. The van der Waals surface area contributed by atoms with E-state index in [0.717, 1.165) is 0 Å². The highest BCUT2D eigenvalue weighted by molar-refractivity contribution is 4.95. The number of rotatable bonds is 10. The highest BCUT2D eigenvalue weighted by atomic mass is 16.7. The van der Waals surface area contributed by atoms with Crippen LogP contribution in [0.3, 0.4) is 0 Å². The van der Waals surface area contributed by atoms with E-state index in [1.807, 2.05) is 0 Å². The Morgan fingerprint density at radius 2 is 1.65 bits per heavy atom. The van der Waals surface area contributed by atoms with Gasteiger partial charge >= 0.3 is 0 Å². The molecule has 156 valence electrons. The lowest BCUT2D eigenvalue weighted by molar-refractivity contribution is -0.367. The first-order valence-corrected chi connectivity index (χ1v) is 8.38. The van der Waals surface area contributed by atoms with Gasteiger partial charge in [-0.25, -0.2) is 0 Å². The average Bonchev–Trinajstić information content (AvgIpc) is 2.61. The number of aliphatic hydroxyl groups is 8. The van der Waals surface area contributed by atoms with Gasteiger partial charge in [0.1, 0.15) is 36.1 Å². The Balaban J connectivity index is 3.07. The maximum Gasteiger partial charge on any atom is 0.187 e. The van der Waals surface area contributed by atoms with Crippen LogP contribution in [-0.2, 0) is 14.2 Å². The summed E-state index contributed by atoms with van der Waals surface area (Å²) in [5, 5.41) is 78.4. The molecule has 1 fully saturated rings. The maximum atomic E-state index is 10.4. The van der Waals surface area contributed by atoms with Crippen LogP contribution < -0.4 is 0 Å². The Morgan fingerprint density at radius 1 is 1.04 bits per heavy atom. The molecule has 0 aliphatic carbocycles. The van der Waals surface area contributed by atoms with Crippen LogP contribution in [0.4, 0.5) is 0 Å². The van der Waals surface area contributed by atoms with Gasteiger partial charge < -0.3 is 55.1 Å². The zero-order chi connectivity index (χ0) is 20.1. The van der Waals surface area contributed by atoms with Gasteiger partial charge in [0.05, 0.1) is 12.7 Å². The third-order valence-corrected chi connectivity index (χ3v) is 4.41. The van der Waals surface area contributed by atoms with Crippen LogP contribution in [0.25, 0.3) is 0 Å². The lowest BCUT2D eigenvalue weighted by Gasteiger charge is -2.46. The van der Waals surface area contributed by atoms with Crippen LogP contribution in [0.5, 0.6) is 0 Å². The van der Waals surface area contributed by atoms with E-state index < -0.39 is 68.0 Å². The number of aliphatic hydroxyl groups excluding tert-OH is 8. The van der Waals surface area contributed by atoms with Gasteiger partial charge in [-0.05, 0) is 20.3 Å². The van der Waals surface area contributed by atoms with Gasteiger partial charge in [-0.3, -0.25) is 0 Å². The normalized spacial score (nSPS) is 35.5. The molecule has 1 heterocycles. The first kappa shape index (κ1) is 23.6. The van der Waals surface area contributed by atoms with Crippen molar-refractivity contribution in [2.45, 2.75) is 75.1 Å². The standard InChI is InChI=1S/C15H30O11/c1-3-24-14(23)15(2,12(22)7(18)4-5-16)26-13-11(21)10(20)9(19)8(6-17)25-13/h7-14,16-23H,3-6H2,1-2H3. The second-order valence-electron chi connectivity index (χ2n) is 6.33. The lowest BCUT2D eigenvalue weighted by atomic mass is 9.91. The monoisotopic (exact) mass is 386 g/mol. The average molecular weight is 386 g/mol. The molecule has 11 heteroatoms. The third-order valence-electron chi connectivity index (χ3n) is 4.41. The Kier molecular flexibility index (Phi) is 9.26. The molecule has 0 spiro atoms. The van der Waals surface area contributed by atoms with Gasteiger partial charge in [-0.1, -0.05) is 0 Å². The first-order valence-electron chi connectivity index (χ1n) is 8.38. The van der Waals surface area contributed by atoms with E-state index in [9.17, 15) is 35.7 Å². The molecule has 0 aromatic heterocycles. The highest BCUT2D eigenvalue weighted by Crippen LogP contribution is 2.31. The zero-order valence-corrected chi connectivity index (χ0v) is 14.7. The molecule has 1 saturated heterocycles. The summed E-state index contributed by atoms with van der Waals surface area (Å²) in [5.74, 6) is 0. The van der Waals surface area contributed by atoms with Crippen molar-refractivity contribution in [3.05, 3.63) is 0 Å². The SMILES string of the molecule is CCOC(O)C(C)(OC1OC(CO)C(O)C(O)C1O)C(O)C(O)CCO. The van der Waals surface area contributed by atoms with Crippen molar-refractivity contribution in [3.63, 3.8) is 0 Å². The Morgan fingerprint density at radius 3 is 2.15 bits per heavy atom. The molecule has 11 nitrogen and oxygen atoms in total. The zero-order valence-electron chi connectivity index (χ0n) is 14.7. The van der Waals surface area contributed by atoms with Crippen LogP contribution in [0.2, 0.25) is 0 Å². The van der Waals surface area contributed by atoms with Crippen LogP contribution >= 0.6 is 0 Å². The van der Waals surface area contributed by atoms with E-state index in [4.69, 9.17) is 19.3 Å². The summed E-state index contributed by atoms with van der Waals surface area (Å²) >= 11 is 0. The minimum Gasteiger partial charge on any atom is -0.396 e. The quantitative estimate of drug-likeness (QED) is 0.171. The summed E-state index contributed by atoms with van der Waals surface area (Å²) < 4.78 is 15.7. The van der Waals surface area contributed by atoms with E-state index in [1.165, 1.54) is 6.92 Å². The van der Waals surface area contributed by atoms with Crippen molar-refractivity contribution in [3.8, 4) is 0 Å². The van der Waals surface area contributed by atoms with Gasteiger partial charge in [0.25, 0.3) is 0 Å². The van der Waals surface area contributed by atoms with E-state index in [-0.39, 0.29) is 13.0 Å². The maximum absolute atomic E-state index is 10.4. The summed E-state index contributed by atoms with van der Waals surface area (Å²) in [4.78, 5) is 0. The Bertz CT molecular complexity index is 409. The summed E-state index contributed by atoms with van der Waals surface area (Å²) in [5.41, 5.74) is -2.04. The second-order valence-corrected chi connectivity index (χ2v) is 6.33. The van der Waals surface area contributed by atoms with Gasteiger partial charge in [-0.15, -0.1) is 0 Å².